The van der Waals surface area contributed by atoms with Crippen LogP contribution >= 0.6 is 11.6 Å². The van der Waals surface area contributed by atoms with E-state index in [0.29, 0.717) is 17.1 Å². The Bertz CT molecular complexity index is 742. The van der Waals surface area contributed by atoms with E-state index in [9.17, 15) is 14.9 Å². The van der Waals surface area contributed by atoms with Gasteiger partial charge >= 0.3 is 0 Å². The minimum Gasteiger partial charge on any atom is -0.353 e. The Hall–Kier alpha value is -2.66. The number of non-ortho nitro benzene ring substituents is 1. The summed E-state index contributed by atoms with van der Waals surface area (Å²) < 4.78 is 0. The summed E-state index contributed by atoms with van der Waals surface area (Å²) in [6.45, 7) is 0.556. The van der Waals surface area contributed by atoms with Crippen molar-refractivity contribution >= 4 is 29.3 Å². The molecule has 5 nitrogen and oxygen atoms in total. The fourth-order valence-electron chi connectivity index (χ4n) is 2.13. The number of nitro groups is 1. The summed E-state index contributed by atoms with van der Waals surface area (Å²) in [6, 6.07) is 13.7. The second-order valence-electron chi connectivity index (χ2n) is 5.21. The van der Waals surface area contributed by atoms with Crippen LogP contribution in [0.25, 0.3) is 6.08 Å². The highest BCUT2D eigenvalue weighted by Gasteiger charge is 2.04. The number of nitrogens with zero attached hydrogens (tertiary/aromatic N) is 1. The second-order valence-corrected chi connectivity index (χ2v) is 5.64. The van der Waals surface area contributed by atoms with Gasteiger partial charge < -0.3 is 5.32 Å². The average Bonchev–Trinajstić information content (AvgIpc) is 2.58. The van der Waals surface area contributed by atoms with Gasteiger partial charge in [-0.2, -0.15) is 0 Å². The number of rotatable bonds is 7. The Morgan fingerprint density at radius 2 is 1.96 bits per heavy atom. The first kappa shape index (κ1) is 17.7. The van der Waals surface area contributed by atoms with Gasteiger partial charge in [-0.25, -0.2) is 0 Å². The number of nitro benzene ring substituents is 1. The van der Waals surface area contributed by atoms with Crippen molar-refractivity contribution in [1.82, 2.24) is 5.32 Å². The molecule has 0 bridgehead atoms. The van der Waals surface area contributed by atoms with Crippen molar-refractivity contribution in [2.45, 2.75) is 12.8 Å². The molecule has 2 rings (SSSR count). The van der Waals surface area contributed by atoms with Crippen LogP contribution in [0.3, 0.4) is 0 Å². The van der Waals surface area contributed by atoms with E-state index in [2.05, 4.69) is 5.32 Å². The molecular formula is C18H17ClN2O3. The average molecular weight is 345 g/mol. The Balaban J connectivity index is 1.75. The quantitative estimate of drug-likeness (QED) is 0.357. The number of nitrogens with one attached hydrogen (secondary N) is 1. The predicted molar refractivity (Wildman–Crippen MR) is 94.9 cm³/mol. The molecule has 0 spiro atoms. The number of carbonyl (C=O) groups excluding carboxylic acids is 1. The summed E-state index contributed by atoms with van der Waals surface area (Å²) in [5.74, 6) is -0.224. The SMILES string of the molecule is O=C(/C=C/c1cccc([N+](=O)[O-])c1)NCCCc1ccc(Cl)cc1. The van der Waals surface area contributed by atoms with Crippen molar-refractivity contribution in [2.24, 2.45) is 0 Å². The Kier molecular flexibility index (Phi) is 6.51. The smallest absolute Gasteiger partial charge is 0.270 e. The fourth-order valence-corrected chi connectivity index (χ4v) is 2.25. The van der Waals surface area contributed by atoms with E-state index in [1.807, 2.05) is 24.3 Å². The molecule has 0 unspecified atom stereocenters. The molecule has 6 heteroatoms. The third kappa shape index (κ3) is 5.85. The van der Waals surface area contributed by atoms with Crippen molar-refractivity contribution in [1.29, 1.82) is 0 Å². The number of benzene rings is 2. The lowest BCUT2D eigenvalue weighted by molar-refractivity contribution is -0.384. The van der Waals surface area contributed by atoms with Crippen LogP contribution in [0.1, 0.15) is 17.5 Å². The van der Waals surface area contributed by atoms with E-state index < -0.39 is 4.92 Å². The molecule has 0 saturated carbocycles. The lowest BCUT2D eigenvalue weighted by atomic mass is 10.1. The molecule has 0 atom stereocenters. The van der Waals surface area contributed by atoms with Crippen LogP contribution in [0.4, 0.5) is 5.69 Å². The highest BCUT2D eigenvalue weighted by Crippen LogP contribution is 2.14. The van der Waals surface area contributed by atoms with Gasteiger partial charge in [0, 0.05) is 29.8 Å². The number of carbonyl (C=O) groups is 1. The topological polar surface area (TPSA) is 72.2 Å². The minimum absolute atomic E-state index is 0.000484. The molecule has 0 aliphatic carbocycles. The summed E-state index contributed by atoms with van der Waals surface area (Å²) in [6.07, 6.45) is 4.60. The zero-order valence-corrected chi connectivity index (χ0v) is 13.7. The highest BCUT2D eigenvalue weighted by molar-refractivity contribution is 6.30. The molecule has 1 amide bonds. The molecule has 0 aromatic heterocycles. The van der Waals surface area contributed by atoms with Crippen LogP contribution in [0, 0.1) is 10.1 Å². The van der Waals surface area contributed by atoms with Crippen molar-refractivity contribution in [3.8, 4) is 0 Å². The standard InChI is InChI=1S/C18H17ClN2O3/c19-16-9-6-14(7-10-16)4-2-12-20-18(22)11-8-15-3-1-5-17(13-15)21(23)24/h1,3,5-11,13H,2,4,12H2,(H,20,22)/b11-8+. The third-order valence-corrected chi connectivity index (χ3v) is 3.61. The number of hydrogen-bond acceptors (Lipinski definition) is 3. The first-order valence-corrected chi connectivity index (χ1v) is 7.87. The van der Waals surface area contributed by atoms with Gasteiger partial charge in [-0.05, 0) is 42.2 Å². The minimum atomic E-state index is -0.464. The van der Waals surface area contributed by atoms with Crippen molar-refractivity contribution in [3.05, 3.63) is 80.9 Å². The van der Waals surface area contributed by atoms with Crippen LogP contribution in [0.5, 0.6) is 0 Å². The molecular weight excluding hydrogens is 328 g/mol. The zero-order valence-electron chi connectivity index (χ0n) is 12.9. The van der Waals surface area contributed by atoms with E-state index >= 15 is 0 Å². The van der Waals surface area contributed by atoms with E-state index in [0.717, 1.165) is 12.8 Å². The largest absolute Gasteiger partial charge is 0.353 e. The van der Waals surface area contributed by atoms with E-state index in [1.165, 1.54) is 23.8 Å². The van der Waals surface area contributed by atoms with E-state index in [4.69, 9.17) is 11.6 Å². The normalized spacial score (nSPS) is 10.7. The van der Waals surface area contributed by atoms with Gasteiger partial charge in [-0.1, -0.05) is 35.9 Å². The lowest BCUT2D eigenvalue weighted by Gasteiger charge is -2.03. The van der Waals surface area contributed by atoms with Crippen LogP contribution in [0.15, 0.2) is 54.6 Å². The van der Waals surface area contributed by atoms with Crippen LogP contribution in [0.2, 0.25) is 5.02 Å². The second kappa shape index (κ2) is 8.84. The first-order chi connectivity index (χ1) is 11.5. The molecule has 0 radical (unpaired) electrons. The van der Waals surface area contributed by atoms with Gasteiger partial charge in [0.05, 0.1) is 4.92 Å². The molecule has 0 fully saturated rings. The third-order valence-electron chi connectivity index (χ3n) is 3.36. The van der Waals surface area contributed by atoms with Crippen LogP contribution in [-0.4, -0.2) is 17.4 Å². The summed E-state index contributed by atoms with van der Waals surface area (Å²) in [5.41, 5.74) is 1.78. The molecule has 0 aliphatic rings. The summed E-state index contributed by atoms with van der Waals surface area (Å²) >= 11 is 5.82. The van der Waals surface area contributed by atoms with Gasteiger partial charge in [0.1, 0.15) is 0 Å². The molecule has 2 aromatic carbocycles. The Labute approximate surface area is 145 Å². The van der Waals surface area contributed by atoms with Crippen LogP contribution in [-0.2, 0) is 11.2 Å². The van der Waals surface area contributed by atoms with Crippen LogP contribution < -0.4 is 5.32 Å². The maximum atomic E-state index is 11.7. The maximum absolute atomic E-state index is 11.7. The zero-order chi connectivity index (χ0) is 17.4. The number of halogens is 1. The summed E-state index contributed by atoms with van der Waals surface area (Å²) in [4.78, 5) is 22.0. The molecule has 24 heavy (non-hydrogen) atoms. The van der Waals surface area contributed by atoms with Gasteiger partial charge in [0.15, 0.2) is 0 Å². The van der Waals surface area contributed by atoms with Gasteiger partial charge in [0.25, 0.3) is 5.69 Å². The van der Waals surface area contributed by atoms with Gasteiger partial charge in [-0.15, -0.1) is 0 Å². The van der Waals surface area contributed by atoms with E-state index in [-0.39, 0.29) is 11.6 Å². The van der Waals surface area contributed by atoms with Crippen molar-refractivity contribution in [2.75, 3.05) is 6.54 Å². The maximum Gasteiger partial charge on any atom is 0.270 e. The Morgan fingerprint density at radius 3 is 2.67 bits per heavy atom. The molecule has 0 heterocycles. The summed E-state index contributed by atoms with van der Waals surface area (Å²) in [7, 11) is 0. The monoisotopic (exact) mass is 344 g/mol. The predicted octanol–water partition coefficient (Wildman–Crippen LogP) is 4.01. The molecule has 0 saturated heterocycles. The first-order valence-electron chi connectivity index (χ1n) is 7.49. The van der Waals surface area contributed by atoms with Crippen molar-refractivity contribution in [3.63, 3.8) is 0 Å². The molecule has 0 aliphatic heterocycles. The fraction of sp³-hybridized carbons (Fsp3) is 0.167. The molecule has 124 valence electrons. The summed E-state index contributed by atoms with van der Waals surface area (Å²) in [5, 5.41) is 14.2. The number of hydrogen-bond donors (Lipinski definition) is 1. The molecule has 2 aromatic rings. The lowest BCUT2D eigenvalue weighted by Crippen LogP contribution is -2.22. The number of aryl methyl sites for hydroxylation is 1. The Morgan fingerprint density at radius 1 is 1.21 bits per heavy atom. The molecule has 1 N–H and O–H groups in total. The van der Waals surface area contributed by atoms with Gasteiger partial charge in [0.2, 0.25) is 5.91 Å². The van der Waals surface area contributed by atoms with Gasteiger partial charge in [-0.3, -0.25) is 14.9 Å². The van der Waals surface area contributed by atoms with E-state index in [1.54, 1.807) is 18.2 Å². The highest BCUT2D eigenvalue weighted by atomic mass is 35.5. The van der Waals surface area contributed by atoms with Crippen molar-refractivity contribution < 1.29 is 9.72 Å². The number of amides is 1.